The van der Waals surface area contributed by atoms with Crippen LogP contribution in [0.1, 0.15) is 91.2 Å². The highest BCUT2D eigenvalue weighted by Gasteiger charge is 2.27. The minimum Gasteiger partial charge on any atom is -0.393 e. The van der Waals surface area contributed by atoms with Gasteiger partial charge in [-0.05, 0) is 63.5 Å². The van der Waals surface area contributed by atoms with Crippen LogP contribution in [0.25, 0.3) is 16.6 Å². The lowest BCUT2D eigenvalue weighted by Crippen LogP contribution is -2.33. The van der Waals surface area contributed by atoms with E-state index in [1.165, 1.54) is 11.1 Å². The average Bonchev–Trinajstić information content (AvgIpc) is 3.19. The van der Waals surface area contributed by atoms with E-state index in [0.717, 1.165) is 69.1 Å². The number of aromatic nitrogens is 3. The summed E-state index contributed by atoms with van der Waals surface area (Å²) < 4.78 is 2.36. The zero-order chi connectivity index (χ0) is 25.0. The van der Waals surface area contributed by atoms with E-state index >= 15 is 0 Å². The van der Waals surface area contributed by atoms with Crippen LogP contribution in [-0.4, -0.2) is 44.9 Å². The van der Waals surface area contributed by atoms with Gasteiger partial charge in [-0.1, -0.05) is 52.3 Å². The average molecular weight is 480 g/mol. The standard InChI is InChI=1S/C29H45N5O/c1-6-7-21(4)32-28-31-17-25-26(18-34(27(25)33-28)23-8-10-24(35)11-9-23)22-12-14-29(5,15-13-22)19-30-16-20(2)3/h12-14,17-18,20-21,23-24,30,35H,6-11,15-16,19H2,1-5H3,(H,31,32,33). The molecule has 2 unspecified atom stereocenters. The van der Waals surface area contributed by atoms with Crippen LogP contribution in [0.4, 0.5) is 5.95 Å². The maximum Gasteiger partial charge on any atom is 0.224 e. The molecule has 2 heterocycles. The number of nitrogens with zero attached hydrogens (tertiary/aromatic N) is 3. The molecule has 192 valence electrons. The SMILES string of the molecule is CCCC(C)Nc1ncc2c(C3=CCC(C)(CNCC(C)C)C=C3)cn(C3CCC(O)CC3)c2n1. The Morgan fingerprint density at radius 1 is 1.20 bits per heavy atom. The van der Waals surface area contributed by atoms with Crippen molar-refractivity contribution < 1.29 is 5.11 Å². The van der Waals surface area contributed by atoms with Crippen LogP contribution in [0.3, 0.4) is 0 Å². The highest BCUT2D eigenvalue weighted by atomic mass is 16.3. The molecule has 1 saturated carbocycles. The van der Waals surface area contributed by atoms with Crippen molar-refractivity contribution in [1.29, 1.82) is 0 Å². The van der Waals surface area contributed by atoms with E-state index in [1.54, 1.807) is 0 Å². The molecule has 0 aromatic carbocycles. The third-order valence-electron chi connectivity index (χ3n) is 7.57. The summed E-state index contributed by atoms with van der Waals surface area (Å²) in [6.07, 6.45) is 18.1. The molecule has 35 heavy (non-hydrogen) atoms. The first-order chi connectivity index (χ1) is 16.8. The van der Waals surface area contributed by atoms with Crippen LogP contribution >= 0.6 is 0 Å². The van der Waals surface area contributed by atoms with Crippen molar-refractivity contribution in [3.63, 3.8) is 0 Å². The number of aliphatic hydroxyl groups excluding tert-OH is 1. The molecule has 2 aliphatic carbocycles. The molecule has 0 aliphatic heterocycles. The highest BCUT2D eigenvalue weighted by Crippen LogP contribution is 2.38. The summed E-state index contributed by atoms with van der Waals surface area (Å²) in [6, 6.07) is 0.709. The lowest BCUT2D eigenvalue weighted by atomic mass is 9.80. The van der Waals surface area contributed by atoms with Gasteiger partial charge in [-0.3, -0.25) is 0 Å². The van der Waals surface area contributed by atoms with Crippen molar-refractivity contribution in [3.8, 4) is 0 Å². The molecule has 2 aromatic heterocycles. The molecule has 3 N–H and O–H groups in total. The Hall–Kier alpha value is -2.18. The van der Waals surface area contributed by atoms with Gasteiger partial charge >= 0.3 is 0 Å². The summed E-state index contributed by atoms with van der Waals surface area (Å²) >= 11 is 0. The number of nitrogens with one attached hydrogen (secondary N) is 2. The predicted molar refractivity (Wildman–Crippen MR) is 147 cm³/mol. The lowest BCUT2D eigenvalue weighted by Gasteiger charge is -2.29. The Morgan fingerprint density at radius 2 is 1.97 bits per heavy atom. The van der Waals surface area contributed by atoms with Crippen molar-refractivity contribution in [2.45, 2.75) is 97.8 Å². The third kappa shape index (κ3) is 6.34. The largest absolute Gasteiger partial charge is 0.393 e. The number of fused-ring (bicyclic) bond motifs is 1. The van der Waals surface area contributed by atoms with Gasteiger partial charge in [-0.15, -0.1) is 0 Å². The van der Waals surface area contributed by atoms with E-state index in [1.807, 2.05) is 6.20 Å². The Kier molecular flexibility index (Phi) is 8.33. The van der Waals surface area contributed by atoms with Gasteiger partial charge in [0, 0.05) is 47.4 Å². The quantitative estimate of drug-likeness (QED) is 0.384. The second kappa shape index (κ2) is 11.3. The minimum absolute atomic E-state index is 0.138. The van der Waals surface area contributed by atoms with Crippen molar-refractivity contribution in [2.24, 2.45) is 11.3 Å². The first kappa shape index (κ1) is 25.9. The van der Waals surface area contributed by atoms with Gasteiger partial charge in [0.1, 0.15) is 5.65 Å². The smallest absolute Gasteiger partial charge is 0.224 e. The van der Waals surface area contributed by atoms with E-state index in [-0.39, 0.29) is 11.5 Å². The van der Waals surface area contributed by atoms with E-state index in [9.17, 15) is 5.11 Å². The minimum atomic E-state index is -0.166. The van der Waals surface area contributed by atoms with Gasteiger partial charge in [0.2, 0.25) is 5.95 Å². The predicted octanol–water partition coefficient (Wildman–Crippen LogP) is 6.10. The first-order valence-corrected chi connectivity index (χ1v) is 13.7. The molecule has 6 nitrogen and oxygen atoms in total. The second-order valence-electron chi connectivity index (χ2n) is 11.6. The van der Waals surface area contributed by atoms with Gasteiger partial charge in [0.05, 0.1) is 6.10 Å². The Bertz CT molecular complexity index is 1050. The maximum absolute atomic E-state index is 10.1. The molecule has 0 saturated heterocycles. The van der Waals surface area contributed by atoms with E-state index in [4.69, 9.17) is 9.97 Å². The number of anilines is 1. The van der Waals surface area contributed by atoms with Crippen LogP contribution in [0, 0.1) is 11.3 Å². The second-order valence-corrected chi connectivity index (χ2v) is 11.6. The highest BCUT2D eigenvalue weighted by molar-refractivity contribution is 5.94. The molecule has 2 aliphatic rings. The van der Waals surface area contributed by atoms with Gasteiger partial charge in [0.25, 0.3) is 0 Å². The molecule has 0 bridgehead atoms. The topological polar surface area (TPSA) is 75.0 Å². The molecular weight excluding hydrogens is 434 g/mol. The summed E-state index contributed by atoms with van der Waals surface area (Å²) in [4.78, 5) is 9.71. The number of aliphatic hydroxyl groups is 1. The van der Waals surface area contributed by atoms with Crippen LogP contribution in [-0.2, 0) is 0 Å². The molecule has 0 radical (unpaired) electrons. The number of allylic oxidation sites excluding steroid dienone is 3. The fourth-order valence-electron chi connectivity index (χ4n) is 5.42. The molecule has 4 rings (SSSR count). The number of rotatable bonds is 10. The molecule has 1 fully saturated rings. The van der Waals surface area contributed by atoms with Crippen molar-refractivity contribution >= 4 is 22.6 Å². The zero-order valence-electron chi connectivity index (χ0n) is 22.3. The van der Waals surface area contributed by atoms with Crippen LogP contribution in [0.15, 0.2) is 30.6 Å². The summed E-state index contributed by atoms with van der Waals surface area (Å²) in [5.74, 6) is 1.37. The Morgan fingerprint density at radius 3 is 2.63 bits per heavy atom. The van der Waals surface area contributed by atoms with Crippen LogP contribution in [0.2, 0.25) is 0 Å². The van der Waals surface area contributed by atoms with Crippen LogP contribution in [0.5, 0.6) is 0 Å². The van der Waals surface area contributed by atoms with Crippen molar-refractivity contribution in [2.75, 3.05) is 18.4 Å². The Balaban J connectivity index is 1.62. The van der Waals surface area contributed by atoms with Crippen LogP contribution < -0.4 is 10.6 Å². The zero-order valence-corrected chi connectivity index (χ0v) is 22.3. The van der Waals surface area contributed by atoms with Gasteiger partial charge in [0.15, 0.2) is 0 Å². The van der Waals surface area contributed by atoms with E-state index in [0.29, 0.717) is 23.9 Å². The summed E-state index contributed by atoms with van der Waals surface area (Å²) in [5, 5.41) is 18.3. The fraction of sp³-hybridized carbons (Fsp3) is 0.655. The summed E-state index contributed by atoms with van der Waals surface area (Å²) in [7, 11) is 0. The summed E-state index contributed by atoms with van der Waals surface area (Å²) in [6.45, 7) is 13.3. The van der Waals surface area contributed by atoms with Gasteiger partial charge < -0.3 is 20.3 Å². The normalized spacial score (nSPS) is 25.7. The maximum atomic E-state index is 10.1. The molecule has 0 spiro atoms. The van der Waals surface area contributed by atoms with E-state index < -0.39 is 0 Å². The molecular formula is C29H45N5O. The molecule has 2 aromatic rings. The van der Waals surface area contributed by atoms with E-state index in [2.05, 4.69) is 74.2 Å². The first-order valence-electron chi connectivity index (χ1n) is 13.7. The third-order valence-corrected chi connectivity index (χ3v) is 7.57. The van der Waals surface area contributed by atoms with Gasteiger partial charge in [-0.2, -0.15) is 4.98 Å². The molecule has 6 heteroatoms. The lowest BCUT2D eigenvalue weighted by molar-refractivity contribution is 0.111. The number of hydrogen-bond acceptors (Lipinski definition) is 5. The monoisotopic (exact) mass is 479 g/mol. The molecule has 2 atom stereocenters. The van der Waals surface area contributed by atoms with Gasteiger partial charge in [-0.25, -0.2) is 4.98 Å². The van der Waals surface area contributed by atoms with Crippen molar-refractivity contribution in [3.05, 3.63) is 36.2 Å². The number of hydrogen-bond donors (Lipinski definition) is 3. The molecule has 0 amide bonds. The fourth-order valence-corrected chi connectivity index (χ4v) is 5.42. The van der Waals surface area contributed by atoms with Crippen molar-refractivity contribution in [1.82, 2.24) is 19.9 Å². The summed E-state index contributed by atoms with van der Waals surface area (Å²) in [5.41, 5.74) is 3.62. The Labute approximate surface area is 211 Å².